The summed E-state index contributed by atoms with van der Waals surface area (Å²) in [4.78, 5) is 31.1. The maximum absolute atomic E-state index is 12.5. The van der Waals surface area contributed by atoms with E-state index in [1.165, 1.54) is 0 Å². The summed E-state index contributed by atoms with van der Waals surface area (Å²) in [5.74, 6) is 0.202. The molecule has 3 aromatic rings. The normalized spacial score (nSPS) is 10.6. The number of ether oxygens (including phenoxy) is 1. The Morgan fingerprint density at radius 3 is 2.55 bits per heavy atom. The summed E-state index contributed by atoms with van der Waals surface area (Å²) >= 11 is 0. The molecule has 0 aliphatic carbocycles. The number of carbonyl (C=O) groups excluding carboxylic acids is 2. The highest BCUT2D eigenvalue weighted by Gasteiger charge is 2.13. The van der Waals surface area contributed by atoms with Gasteiger partial charge in [-0.2, -0.15) is 0 Å². The molecule has 0 saturated carbocycles. The van der Waals surface area contributed by atoms with Crippen LogP contribution in [0.1, 0.15) is 29.9 Å². The summed E-state index contributed by atoms with van der Waals surface area (Å²) in [5, 5.41) is 3.74. The summed E-state index contributed by atoms with van der Waals surface area (Å²) in [6.45, 7) is 6.91. The van der Waals surface area contributed by atoms with Crippen LogP contribution in [0.3, 0.4) is 0 Å². The lowest BCUT2D eigenvalue weighted by Crippen LogP contribution is -2.30. The predicted molar refractivity (Wildman–Crippen MR) is 114 cm³/mol. The van der Waals surface area contributed by atoms with Crippen LogP contribution < -0.4 is 10.1 Å². The van der Waals surface area contributed by atoms with Crippen molar-refractivity contribution in [3.05, 3.63) is 65.9 Å². The molecular weight excluding hydrogens is 366 g/mol. The van der Waals surface area contributed by atoms with E-state index in [2.05, 4.69) is 10.3 Å². The first-order valence-electron chi connectivity index (χ1n) is 9.70. The van der Waals surface area contributed by atoms with E-state index in [0.29, 0.717) is 30.1 Å². The standard InChI is InChI=1S/C23H25N3O3/c1-4-26(5-2)23(28)18-9-6-10-19(14-18)25-21(27)15-29-20-11-7-8-17-13-12-16(3)24-22(17)20/h6-14H,4-5,15H2,1-3H3,(H,25,27). The Bertz CT molecular complexity index is 1030. The maximum atomic E-state index is 12.5. The minimum atomic E-state index is -0.304. The molecule has 0 saturated heterocycles. The lowest BCUT2D eigenvalue weighted by molar-refractivity contribution is -0.118. The second-order valence-electron chi connectivity index (χ2n) is 6.68. The molecule has 0 bridgehead atoms. The fourth-order valence-corrected chi connectivity index (χ4v) is 3.10. The predicted octanol–water partition coefficient (Wildman–Crippen LogP) is 4.04. The molecule has 2 amide bonds. The Morgan fingerprint density at radius 1 is 1.03 bits per heavy atom. The van der Waals surface area contributed by atoms with E-state index in [9.17, 15) is 9.59 Å². The number of aryl methyl sites for hydroxylation is 1. The van der Waals surface area contributed by atoms with Gasteiger partial charge >= 0.3 is 0 Å². The number of anilines is 1. The molecule has 0 unspecified atom stereocenters. The number of pyridine rings is 1. The second kappa shape index (κ2) is 9.19. The quantitative estimate of drug-likeness (QED) is 0.660. The third kappa shape index (κ3) is 4.90. The molecule has 1 N–H and O–H groups in total. The average Bonchev–Trinajstić information content (AvgIpc) is 2.73. The first-order valence-corrected chi connectivity index (χ1v) is 9.70. The molecule has 150 valence electrons. The summed E-state index contributed by atoms with van der Waals surface area (Å²) < 4.78 is 5.71. The van der Waals surface area contributed by atoms with Gasteiger partial charge in [0, 0.05) is 35.4 Å². The third-order valence-electron chi connectivity index (χ3n) is 4.63. The van der Waals surface area contributed by atoms with E-state index in [1.54, 1.807) is 35.2 Å². The molecule has 1 heterocycles. The van der Waals surface area contributed by atoms with E-state index in [0.717, 1.165) is 16.6 Å². The van der Waals surface area contributed by atoms with Crippen molar-refractivity contribution < 1.29 is 14.3 Å². The van der Waals surface area contributed by atoms with Gasteiger partial charge in [-0.3, -0.25) is 9.59 Å². The van der Waals surface area contributed by atoms with Crippen LogP contribution in [0.25, 0.3) is 10.9 Å². The molecular formula is C23H25N3O3. The van der Waals surface area contributed by atoms with Gasteiger partial charge in [-0.05, 0) is 51.1 Å². The van der Waals surface area contributed by atoms with Gasteiger partial charge in [0.15, 0.2) is 6.61 Å². The number of nitrogens with zero attached hydrogens (tertiary/aromatic N) is 2. The van der Waals surface area contributed by atoms with Gasteiger partial charge in [-0.15, -0.1) is 0 Å². The van der Waals surface area contributed by atoms with Gasteiger partial charge < -0.3 is 15.0 Å². The molecule has 6 heteroatoms. The molecule has 6 nitrogen and oxygen atoms in total. The number of aromatic nitrogens is 1. The van der Waals surface area contributed by atoms with Crippen molar-refractivity contribution >= 4 is 28.4 Å². The van der Waals surface area contributed by atoms with Crippen LogP contribution in [-0.4, -0.2) is 41.4 Å². The first-order chi connectivity index (χ1) is 14.0. The van der Waals surface area contributed by atoms with Crippen molar-refractivity contribution in [3.63, 3.8) is 0 Å². The Balaban J connectivity index is 1.67. The molecule has 29 heavy (non-hydrogen) atoms. The minimum Gasteiger partial charge on any atom is -0.481 e. The highest BCUT2D eigenvalue weighted by atomic mass is 16.5. The van der Waals surface area contributed by atoms with Gasteiger partial charge in [0.25, 0.3) is 11.8 Å². The van der Waals surface area contributed by atoms with Crippen LogP contribution in [0.15, 0.2) is 54.6 Å². The highest BCUT2D eigenvalue weighted by molar-refractivity contribution is 5.97. The lowest BCUT2D eigenvalue weighted by atomic mass is 10.1. The molecule has 0 radical (unpaired) electrons. The Kier molecular flexibility index (Phi) is 6.44. The zero-order valence-corrected chi connectivity index (χ0v) is 16.9. The van der Waals surface area contributed by atoms with Gasteiger partial charge in [0.2, 0.25) is 0 Å². The van der Waals surface area contributed by atoms with Crippen molar-refractivity contribution in [3.8, 4) is 5.75 Å². The third-order valence-corrected chi connectivity index (χ3v) is 4.63. The number of hydrogen-bond donors (Lipinski definition) is 1. The van der Waals surface area contributed by atoms with Gasteiger partial charge in [-0.1, -0.05) is 24.3 Å². The second-order valence-corrected chi connectivity index (χ2v) is 6.68. The fourth-order valence-electron chi connectivity index (χ4n) is 3.10. The summed E-state index contributed by atoms with van der Waals surface area (Å²) in [6, 6.07) is 16.5. The number of fused-ring (bicyclic) bond motifs is 1. The van der Waals surface area contributed by atoms with Crippen molar-refractivity contribution in [2.24, 2.45) is 0 Å². The molecule has 3 rings (SSSR count). The molecule has 1 aromatic heterocycles. The van der Waals surface area contributed by atoms with Crippen LogP contribution in [0.2, 0.25) is 0 Å². The number of rotatable bonds is 7. The molecule has 0 aliphatic rings. The van der Waals surface area contributed by atoms with Crippen molar-refractivity contribution in [1.82, 2.24) is 9.88 Å². The van der Waals surface area contributed by atoms with Gasteiger partial charge in [-0.25, -0.2) is 4.98 Å². The van der Waals surface area contributed by atoms with Crippen molar-refractivity contribution in [2.75, 3.05) is 25.0 Å². The molecule has 0 spiro atoms. The van der Waals surface area contributed by atoms with Crippen LogP contribution in [0.5, 0.6) is 5.75 Å². The maximum Gasteiger partial charge on any atom is 0.262 e. The van der Waals surface area contributed by atoms with Crippen molar-refractivity contribution in [1.29, 1.82) is 0 Å². The topological polar surface area (TPSA) is 71.5 Å². The number of benzene rings is 2. The Morgan fingerprint density at radius 2 is 1.79 bits per heavy atom. The van der Waals surface area contributed by atoms with Crippen LogP contribution in [0.4, 0.5) is 5.69 Å². The average molecular weight is 391 g/mol. The molecule has 0 fully saturated rings. The number of para-hydroxylation sites is 1. The van der Waals surface area contributed by atoms with E-state index in [1.807, 2.05) is 45.0 Å². The Labute approximate surface area is 170 Å². The van der Waals surface area contributed by atoms with Gasteiger partial charge in [0.1, 0.15) is 11.3 Å². The zero-order chi connectivity index (χ0) is 20.8. The SMILES string of the molecule is CCN(CC)C(=O)c1cccc(NC(=O)COc2cccc3ccc(C)nc23)c1. The first kappa shape index (κ1) is 20.3. The number of carbonyl (C=O) groups is 2. The summed E-state index contributed by atoms with van der Waals surface area (Å²) in [7, 11) is 0. The summed E-state index contributed by atoms with van der Waals surface area (Å²) in [6.07, 6.45) is 0. The van der Waals surface area contributed by atoms with Crippen LogP contribution in [-0.2, 0) is 4.79 Å². The zero-order valence-electron chi connectivity index (χ0n) is 16.9. The smallest absolute Gasteiger partial charge is 0.262 e. The van der Waals surface area contributed by atoms with E-state index in [4.69, 9.17) is 4.74 Å². The van der Waals surface area contributed by atoms with E-state index >= 15 is 0 Å². The monoisotopic (exact) mass is 391 g/mol. The van der Waals surface area contributed by atoms with Crippen LogP contribution >= 0.6 is 0 Å². The highest BCUT2D eigenvalue weighted by Crippen LogP contribution is 2.24. The molecule has 0 aliphatic heterocycles. The fraction of sp³-hybridized carbons (Fsp3) is 0.261. The minimum absolute atomic E-state index is 0.0560. The summed E-state index contributed by atoms with van der Waals surface area (Å²) in [5.41, 5.74) is 2.71. The molecule has 0 atom stereocenters. The van der Waals surface area contributed by atoms with E-state index < -0.39 is 0 Å². The van der Waals surface area contributed by atoms with Gasteiger partial charge in [0.05, 0.1) is 0 Å². The molecule has 2 aromatic carbocycles. The lowest BCUT2D eigenvalue weighted by Gasteiger charge is -2.19. The number of nitrogens with one attached hydrogen (secondary N) is 1. The van der Waals surface area contributed by atoms with Crippen molar-refractivity contribution in [2.45, 2.75) is 20.8 Å². The van der Waals surface area contributed by atoms with Crippen LogP contribution in [0, 0.1) is 6.92 Å². The number of amides is 2. The Hall–Kier alpha value is -3.41. The van der Waals surface area contributed by atoms with E-state index in [-0.39, 0.29) is 18.4 Å². The largest absolute Gasteiger partial charge is 0.481 e. The number of hydrogen-bond acceptors (Lipinski definition) is 4.